The largest absolute Gasteiger partial charge is 0.349 e. The molecular formula is C30H45N3O3. The summed E-state index contributed by atoms with van der Waals surface area (Å²) in [4.78, 5) is 39.8. The van der Waals surface area contributed by atoms with E-state index in [1.165, 1.54) is 19.3 Å². The van der Waals surface area contributed by atoms with Crippen molar-refractivity contribution >= 4 is 23.4 Å². The Hall–Kier alpha value is -2.37. The molecule has 1 aromatic rings. The molecule has 6 atom stereocenters. The van der Waals surface area contributed by atoms with Crippen LogP contribution in [-0.4, -0.2) is 29.8 Å². The van der Waals surface area contributed by atoms with Gasteiger partial charge in [0.15, 0.2) is 0 Å². The van der Waals surface area contributed by atoms with Gasteiger partial charge in [-0.2, -0.15) is 0 Å². The second-order valence-electron chi connectivity index (χ2n) is 11.8. The second-order valence-corrected chi connectivity index (χ2v) is 11.8. The molecular weight excluding hydrogens is 450 g/mol. The van der Waals surface area contributed by atoms with Crippen LogP contribution in [0, 0.1) is 23.7 Å². The highest BCUT2D eigenvalue weighted by Gasteiger charge is 2.29. The predicted molar refractivity (Wildman–Crippen MR) is 144 cm³/mol. The van der Waals surface area contributed by atoms with Gasteiger partial charge < -0.3 is 16.0 Å². The van der Waals surface area contributed by atoms with Crippen LogP contribution in [0.3, 0.4) is 0 Å². The van der Waals surface area contributed by atoms with E-state index in [1.54, 1.807) is 18.2 Å². The molecule has 3 aliphatic carbocycles. The average Bonchev–Trinajstić information content (AvgIpc) is 2.86. The van der Waals surface area contributed by atoms with Gasteiger partial charge in [-0.15, -0.1) is 0 Å². The number of anilines is 1. The molecule has 0 bridgehead atoms. The first-order chi connectivity index (χ1) is 17.3. The SMILES string of the molecule is CC1CCCCC1NC(=O)c1cc(NC(=O)C2CCCCC2C)cc(C(=O)NC2CCCCC2C)c1. The Morgan fingerprint density at radius 2 is 1.06 bits per heavy atom. The highest BCUT2D eigenvalue weighted by Crippen LogP contribution is 2.31. The van der Waals surface area contributed by atoms with E-state index in [-0.39, 0.29) is 35.7 Å². The van der Waals surface area contributed by atoms with E-state index < -0.39 is 0 Å². The third-order valence-electron chi connectivity index (χ3n) is 9.03. The van der Waals surface area contributed by atoms with Crippen molar-refractivity contribution in [2.24, 2.45) is 23.7 Å². The van der Waals surface area contributed by atoms with Crippen molar-refractivity contribution in [2.75, 3.05) is 5.32 Å². The van der Waals surface area contributed by atoms with E-state index in [2.05, 4.69) is 36.7 Å². The Labute approximate surface area is 216 Å². The molecule has 3 saturated carbocycles. The van der Waals surface area contributed by atoms with Crippen LogP contribution in [0.15, 0.2) is 18.2 Å². The van der Waals surface area contributed by atoms with Crippen molar-refractivity contribution in [3.8, 4) is 0 Å². The summed E-state index contributed by atoms with van der Waals surface area (Å²) in [5.74, 6) is 0.844. The molecule has 0 aliphatic heterocycles. The quantitative estimate of drug-likeness (QED) is 0.448. The van der Waals surface area contributed by atoms with Crippen molar-refractivity contribution in [2.45, 2.75) is 110 Å². The molecule has 0 aromatic heterocycles. The Balaban J connectivity index is 1.55. The van der Waals surface area contributed by atoms with Gasteiger partial charge >= 0.3 is 0 Å². The number of hydrogen-bond donors (Lipinski definition) is 3. The summed E-state index contributed by atoms with van der Waals surface area (Å²) < 4.78 is 0. The molecule has 3 fully saturated rings. The van der Waals surface area contributed by atoms with Crippen LogP contribution < -0.4 is 16.0 Å². The van der Waals surface area contributed by atoms with Gasteiger partial charge in [-0.25, -0.2) is 0 Å². The van der Waals surface area contributed by atoms with Gasteiger partial charge in [0.05, 0.1) is 0 Å². The molecule has 0 radical (unpaired) electrons. The van der Waals surface area contributed by atoms with Gasteiger partial charge in [-0.05, 0) is 74.5 Å². The lowest BCUT2D eigenvalue weighted by Crippen LogP contribution is -2.42. The Bertz CT molecular complexity index is 891. The number of hydrogen-bond acceptors (Lipinski definition) is 3. The minimum absolute atomic E-state index is 0.00655. The fourth-order valence-electron chi connectivity index (χ4n) is 6.47. The van der Waals surface area contributed by atoms with E-state index in [0.717, 1.165) is 57.8 Å². The summed E-state index contributed by atoms with van der Waals surface area (Å²) in [5.41, 5.74) is 1.40. The lowest BCUT2D eigenvalue weighted by molar-refractivity contribution is -0.122. The van der Waals surface area contributed by atoms with E-state index in [4.69, 9.17) is 0 Å². The van der Waals surface area contributed by atoms with Crippen LogP contribution in [0.25, 0.3) is 0 Å². The molecule has 3 amide bonds. The standard InChI is InChI=1S/C30H45N3O3/c1-19-10-4-7-13-25(19)30(36)31-24-17-22(28(34)32-26-14-8-5-11-20(26)2)16-23(18-24)29(35)33-27-15-9-6-12-21(27)3/h16-21,25-27H,4-15H2,1-3H3,(H,31,36)(H,32,34)(H,33,35). The van der Waals surface area contributed by atoms with Gasteiger partial charge in [-0.3, -0.25) is 14.4 Å². The summed E-state index contributed by atoms with van der Waals surface area (Å²) in [6, 6.07) is 5.44. The molecule has 1 aromatic carbocycles. The van der Waals surface area contributed by atoms with Crippen LogP contribution in [-0.2, 0) is 4.79 Å². The van der Waals surface area contributed by atoms with Crippen molar-refractivity contribution < 1.29 is 14.4 Å². The van der Waals surface area contributed by atoms with Crippen molar-refractivity contribution in [1.82, 2.24) is 10.6 Å². The van der Waals surface area contributed by atoms with Crippen molar-refractivity contribution in [3.05, 3.63) is 29.3 Å². The number of amides is 3. The van der Waals surface area contributed by atoms with Crippen molar-refractivity contribution in [1.29, 1.82) is 0 Å². The first-order valence-corrected chi connectivity index (χ1v) is 14.4. The smallest absolute Gasteiger partial charge is 0.251 e. The summed E-state index contributed by atoms with van der Waals surface area (Å²) in [6.07, 6.45) is 13.1. The van der Waals surface area contributed by atoms with Crippen LogP contribution in [0.2, 0.25) is 0 Å². The summed E-state index contributed by atoms with van der Waals surface area (Å²) in [5, 5.41) is 9.47. The van der Waals surface area contributed by atoms with E-state index in [1.807, 2.05) is 0 Å². The zero-order chi connectivity index (χ0) is 25.7. The molecule has 6 unspecified atom stereocenters. The summed E-state index contributed by atoms with van der Waals surface area (Å²) in [7, 11) is 0. The molecule has 36 heavy (non-hydrogen) atoms. The fourth-order valence-corrected chi connectivity index (χ4v) is 6.47. The molecule has 3 aliphatic rings. The third kappa shape index (κ3) is 6.68. The monoisotopic (exact) mass is 495 g/mol. The Kier molecular flexibility index (Phi) is 9.08. The first kappa shape index (κ1) is 26.7. The predicted octanol–water partition coefficient (Wildman–Crippen LogP) is 6.07. The summed E-state index contributed by atoms with van der Waals surface area (Å²) in [6.45, 7) is 6.52. The number of carbonyl (C=O) groups is 3. The molecule has 0 heterocycles. The maximum atomic E-state index is 13.3. The molecule has 6 heteroatoms. The molecule has 0 spiro atoms. The zero-order valence-corrected chi connectivity index (χ0v) is 22.4. The highest BCUT2D eigenvalue weighted by atomic mass is 16.2. The third-order valence-corrected chi connectivity index (χ3v) is 9.03. The first-order valence-electron chi connectivity index (χ1n) is 14.4. The van der Waals surface area contributed by atoms with Crippen LogP contribution in [0.4, 0.5) is 5.69 Å². The second kappa shape index (κ2) is 12.2. The highest BCUT2D eigenvalue weighted by molar-refractivity contribution is 6.03. The molecule has 4 rings (SSSR count). The maximum Gasteiger partial charge on any atom is 0.251 e. The van der Waals surface area contributed by atoms with Gasteiger partial charge in [-0.1, -0.05) is 59.3 Å². The average molecular weight is 496 g/mol. The number of nitrogens with one attached hydrogen (secondary N) is 3. The number of benzene rings is 1. The van der Waals surface area contributed by atoms with Gasteiger partial charge in [0.25, 0.3) is 11.8 Å². The lowest BCUT2D eigenvalue weighted by atomic mass is 9.80. The van der Waals surface area contributed by atoms with Crippen LogP contribution in [0.1, 0.15) is 119 Å². The van der Waals surface area contributed by atoms with Crippen LogP contribution in [0.5, 0.6) is 0 Å². The Morgan fingerprint density at radius 3 is 1.53 bits per heavy atom. The Morgan fingerprint density at radius 1 is 0.611 bits per heavy atom. The number of rotatable bonds is 6. The molecule has 6 nitrogen and oxygen atoms in total. The van der Waals surface area contributed by atoms with Crippen LogP contribution >= 0.6 is 0 Å². The van der Waals surface area contributed by atoms with E-state index in [0.29, 0.717) is 34.6 Å². The lowest BCUT2D eigenvalue weighted by Gasteiger charge is -2.30. The van der Waals surface area contributed by atoms with E-state index in [9.17, 15) is 14.4 Å². The van der Waals surface area contributed by atoms with Crippen molar-refractivity contribution in [3.63, 3.8) is 0 Å². The summed E-state index contributed by atoms with van der Waals surface area (Å²) >= 11 is 0. The van der Waals surface area contributed by atoms with Gasteiger partial charge in [0.2, 0.25) is 5.91 Å². The van der Waals surface area contributed by atoms with Gasteiger partial charge in [0, 0.05) is 34.8 Å². The van der Waals surface area contributed by atoms with E-state index >= 15 is 0 Å². The molecule has 0 saturated heterocycles. The normalized spacial score (nSPS) is 30.8. The number of carbonyl (C=O) groups excluding carboxylic acids is 3. The minimum Gasteiger partial charge on any atom is -0.349 e. The minimum atomic E-state index is -0.170. The zero-order valence-electron chi connectivity index (χ0n) is 22.4. The molecule has 3 N–H and O–H groups in total. The molecule has 198 valence electrons. The fraction of sp³-hybridized carbons (Fsp3) is 0.700. The maximum absolute atomic E-state index is 13.3. The topological polar surface area (TPSA) is 87.3 Å². The van der Waals surface area contributed by atoms with Gasteiger partial charge in [0.1, 0.15) is 0 Å².